The van der Waals surface area contributed by atoms with Crippen LogP contribution in [0, 0.1) is 11.8 Å². The molecule has 0 atom stereocenters. The summed E-state index contributed by atoms with van der Waals surface area (Å²) in [5.74, 6) is 1.02. The van der Waals surface area contributed by atoms with Crippen LogP contribution in [-0.4, -0.2) is 43.1 Å². The van der Waals surface area contributed by atoms with Gasteiger partial charge < -0.3 is 9.64 Å². The van der Waals surface area contributed by atoms with E-state index >= 15 is 0 Å². The number of nitrogens with zero attached hydrogens (tertiary/aromatic N) is 2. The highest BCUT2D eigenvalue weighted by Crippen LogP contribution is 2.21. The number of aromatic nitrogens is 1. The molecule has 0 unspecified atom stereocenters. The largest absolute Gasteiger partial charge is 0.381 e. The summed E-state index contributed by atoms with van der Waals surface area (Å²) in [6.07, 6.45) is 5.57. The molecule has 0 aliphatic carbocycles. The molecule has 25 heavy (non-hydrogen) atoms. The van der Waals surface area contributed by atoms with Crippen LogP contribution in [0.3, 0.4) is 0 Å². The van der Waals surface area contributed by atoms with Gasteiger partial charge in [-0.05, 0) is 43.7 Å². The van der Waals surface area contributed by atoms with Crippen LogP contribution in [-0.2, 0) is 14.3 Å². The molecule has 7 nitrogen and oxygen atoms in total. The minimum atomic E-state index is -0.119. The van der Waals surface area contributed by atoms with Gasteiger partial charge in [-0.1, -0.05) is 6.07 Å². The third-order valence-corrected chi connectivity index (χ3v) is 4.98. The molecule has 1 aromatic heterocycles. The minimum absolute atomic E-state index is 0.0663. The number of amides is 2. The monoisotopic (exact) mass is 346 g/mol. The van der Waals surface area contributed by atoms with Crippen LogP contribution in [0.25, 0.3) is 0 Å². The maximum atomic E-state index is 12.3. The zero-order valence-electron chi connectivity index (χ0n) is 14.4. The van der Waals surface area contributed by atoms with E-state index in [2.05, 4.69) is 20.7 Å². The molecule has 0 bridgehead atoms. The molecule has 2 amide bonds. The summed E-state index contributed by atoms with van der Waals surface area (Å²) in [5.41, 5.74) is 5.16. The number of anilines is 1. The average molecular weight is 346 g/mol. The molecule has 2 aliphatic rings. The SMILES string of the molecule is O=C(CC1CCOCC1)NNC(=O)C1CCN(c2ccccn2)CC1. The third kappa shape index (κ3) is 5.16. The Morgan fingerprint density at radius 3 is 2.56 bits per heavy atom. The van der Waals surface area contributed by atoms with Gasteiger partial charge in [-0.2, -0.15) is 0 Å². The summed E-state index contributed by atoms with van der Waals surface area (Å²) in [7, 11) is 0. The van der Waals surface area contributed by atoms with Crippen molar-refractivity contribution in [3.63, 3.8) is 0 Å². The Bertz CT molecular complexity index is 567. The Hall–Kier alpha value is -2.15. The van der Waals surface area contributed by atoms with Crippen molar-refractivity contribution < 1.29 is 14.3 Å². The first kappa shape index (κ1) is 17.7. The molecule has 3 rings (SSSR count). The Balaban J connectivity index is 1.37. The van der Waals surface area contributed by atoms with Crippen molar-refractivity contribution in [1.29, 1.82) is 0 Å². The van der Waals surface area contributed by atoms with Crippen molar-refractivity contribution in [2.24, 2.45) is 11.8 Å². The van der Waals surface area contributed by atoms with Gasteiger partial charge in [0.1, 0.15) is 5.82 Å². The first-order valence-electron chi connectivity index (χ1n) is 9.05. The number of hydrazine groups is 1. The Labute approximate surface area is 148 Å². The number of hydrogen-bond acceptors (Lipinski definition) is 5. The Morgan fingerprint density at radius 1 is 1.12 bits per heavy atom. The summed E-state index contributed by atoms with van der Waals surface area (Å²) in [4.78, 5) is 30.7. The van der Waals surface area contributed by atoms with Gasteiger partial charge >= 0.3 is 0 Å². The van der Waals surface area contributed by atoms with Gasteiger partial charge in [0.25, 0.3) is 0 Å². The van der Waals surface area contributed by atoms with Crippen LogP contribution in [0.4, 0.5) is 5.82 Å². The van der Waals surface area contributed by atoms with Crippen LogP contribution in [0.2, 0.25) is 0 Å². The van der Waals surface area contributed by atoms with E-state index in [4.69, 9.17) is 4.74 Å². The van der Waals surface area contributed by atoms with Crippen LogP contribution >= 0.6 is 0 Å². The molecule has 2 N–H and O–H groups in total. The maximum Gasteiger partial charge on any atom is 0.241 e. The van der Waals surface area contributed by atoms with E-state index in [0.29, 0.717) is 12.3 Å². The molecule has 2 saturated heterocycles. The molecule has 0 aromatic carbocycles. The van der Waals surface area contributed by atoms with Crippen molar-refractivity contribution in [2.45, 2.75) is 32.1 Å². The molecule has 136 valence electrons. The van der Waals surface area contributed by atoms with Crippen LogP contribution < -0.4 is 15.8 Å². The minimum Gasteiger partial charge on any atom is -0.381 e. The molecule has 7 heteroatoms. The van der Waals surface area contributed by atoms with Crippen molar-refractivity contribution in [3.05, 3.63) is 24.4 Å². The van der Waals surface area contributed by atoms with Crippen LogP contribution in [0.5, 0.6) is 0 Å². The lowest BCUT2D eigenvalue weighted by atomic mass is 9.96. The molecular formula is C18H26N4O3. The second-order valence-corrected chi connectivity index (χ2v) is 6.75. The third-order valence-electron chi connectivity index (χ3n) is 4.98. The quantitative estimate of drug-likeness (QED) is 0.802. The lowest BCUT2D eigenvalue weighted by Crippen LogP contribution is -2.48. The topological polar surface area (TPSA) is 83.6 Å². The molecule has 2 fully saturated rings. The maximum absolute atomic E-state index is 12.3. The standard InChI is InChI=1S/C18H26N4O3/c23-17(13-14-6-11-25-12-7-14)20-21-18(24)15-4-9-22(10-5-15)16-3-1-2-8-19-16/h1-3,8,14-15H,4-7,9-13H2,(H,20,23)(H,21,24). The molecule has 2 aliphatic heterocycles. The van der Waals surface area contributed by atoms with Gasteiger partial charge in [0, 0.05) is 44.8 Å². The van der Waals surface area contributed by atoms with Crippen LogP contribution in [0.1, 0.15) is 32.1 Å². The summed E-state index contributed by atoms with van der Waals surface area (Å²) in [6.45, 7) is 3.04. The number of carbonyl (C=O) groups is 2. The number of hydrogen-bond donors (Lipinski definition) is 2. The molecule has 0 spiro atoms. The summed E-state index contributed by atoms with van der Waals surface area (Å²) in [6, 6.07) is 5.85. The molecular weight excluding hydrogens is 320 g/mol. The van der Waals surface area contributed by atoms with E-state index in [1.165, 1.54) is 0 Å². The second-order valence-electron chi connectivity index (χ2n) is 6.75. The van der Waals surface area contributed by atoms with Gasteiger partial charge in [-0.15, -0.1) is 0 Å². The van der Waals surface area contributed by atoms with Crippen molar-refractivity contribution in [1.82, 2.24) is 15.8 Å². The van der Waals surface area contributed by atoms with E-state index in [9.17, 15) is 9.59 Å². The van der Waals surface area contributed by atoms with Gasteiger partial charge in [0.05, 0.1) is 0 Å². The first-order valence-corrected chi connectivity index (χ1v) is 9.05. The van der Waals surface area contributed by atoms with Gasteiger partial charge in [-0.3, -0.25) is 20.4 Å². The highest BCUT2D eigenvalue weighted by Gasteiger charge is 2.26. The van der Waals surface area contributed by atoms with E-state index in [1.807, 2.05) is 18.2 Å². The van der Waals surface area contributed by atoms with E-state index in [-0.39, 0.29) is 17.7 Å². The van der Waals surface area contributed by atoms with Crippen LogP contribution in [0.15, 0.2) is 24.4 Å². The normalized spacial score (nSPS) is 19.4. The zero-order valence-corrected chi connectivity index (χ0v) is 14.4. The highest BCUT2D eigenvalue weighted by molar-refractivity contribution is 5.83. The van der Waals surface area contributed by atoms with E-state index in [0.717, 1.165) is 57.8 Å². The zero-order chi connectivity index (χ0) is 17.5. The number of ether oxygens (including phenoxy) is 1. The van der Waals surface area contributed by atoms with Gasteiger partial charge in [0.2, 0.25) is 11.8 Å². The predicted octanol–water partition coefficient (Wildman–Crippen LogP) is 1.26. The molecule has 1 aromatic rings. The Morgan fingerprint density at radius 2 is 1.88 bits per heavy atom. The number of carbonyl (C=O) groups excluding carboxylic acids is 2. The number of piperidine rings is 1. The fraction of sp³-hybridized carbons (Fsp3) is 0.611. The van der Waals surface area contributed by atoms with Gasteiger partial charge in [0.15, 0.2) is 0 Å². The average Bonchev–Trinajstić information content (AvgIpc) is 2.68. The number of nitrogens with one attached hydrogen (secondary N) is 2. The lowest BCUT2D eigenvalue weighted by molar-refractivity contribution is -0.132. The predicted molar refractivity (Wildman–Crippen MR) is 93.6 cm³/mol. The highest BCUT2D eigenvalue weighted by atomic mass is 16.5. The Kier molecular flexibility index (Phi) is 6.22. The first-order chi connectivity index (χ1) is 12.2. The van der Waals surface area contributed by atoms with Crippen molar-refractivity contribution >= 4 is 17.6 Å². The van der Waals surface area contributed by atoms with E-state index in [1.54, 1.807) is 6.20 Å². The van der Waals surface area contributed by atoms with E-state index < -0.39 is 0 Å². The molecule has 0 radical (unpaired) electrons. The number of pyridine rings is 1. The summed E-state index contributed by atoms with van der Waals surface area (Å²) >= 11 is 0. The summed E-state index contributed by atoms with van der Waals surface area (Å²) in [5, 5.41) is 0. The fourth-order valence-electron chi connectivity index (χ4n) is 3.41. The molecule has 0 saturated carbocycles. The van der Waals surface area contributed by atoms with Gasteiger partial charge in [-0.25, -0.2) is 4.98 Å². The van der Waals surface area contributed by atoms with Crippen molar-refractivity contribution in [2.75, 3.05) is 31.2 Å². The number of rotatable bonds is 4. The lowest BCUT2D eigenvalue weighted by Gasteiger charge is -2.32. The second kappa shape index (κ2) is 8.80. The molecule has 3 heterocycles. The fourth-order valence-corrected chi connectivity index (χ4v) is 3.41. The smallest absolute Gasteiger partial charge is 0.241 e. The summed E-state index contributed by atoms with van der Waals surface area (Å²) < 4.78 is 5.29. The van der Waals surface area contributed by atoms with Crippen molar-refractivity contribution in [3.8, 4) is 0 Å².